The van der Waals surface area contributed by atoms with Gasteiger partial charge in [0.05, 0.1) is 5.69 Å². The van der Waals surface area contributed by atoms with Gasteiger partial charge in [-0.15, -0.1) is 0 Å². The minimum Gasteiger partial charge on any atom is -0.298 e. The number of nitrogens with zero attached hydrogens (tertiary/aromatic N) is 2. The summed E-state index contributed by atoms with van der Waals surface area (Å²) in [4.78, 5) is 10.7. The van der Waals surface area contributed by atoms with E-state index in [1.807, 2.05) is 13.8 Å². The van der Waals surface area contributed by atoms with Gasteiger partial charge < -0.3 is 0 Å². The van der Waals surface area contributed by atoms with Crippen molar-refractivity contribution in [1.29, 1.82) is 0 Å². The number of aromatic nitrogens is 2. The van der Waals surface area contributed by atoms with Crippen LogP contribution in [0.25, 0.3) is 11.1 Å². The Morgan fingerprint density at radius 2 is 2.18 bits per heavy atom. The van der Waals surface area contributed by atoms with E-state index in [4.69, 9.17) is 0 Å². The third kappa shape index (κ3) is 2.11. The van der Waals surface area contributed by atoms with Crippen LogP contribution in [-0.4, -0.2) is 16.1 Å². The molecule has 0 atom stereocenters. The maximum absolute atomic E-state index is 13.7. The first-order valence-electron chi connectivity index (χ1n) is 5.45. The van der Waals surface area contributed by atoms with Gasteiger partial charge in [-0.05, 0) is 32.0 Å². The van der Waals surface area contributed by atoms with Crippen molar-refractivity contribution in [1.82, 2.24) is 9.78 Å². The highest BCUT2D eigenvalue weighted by molar-refractivity contribution is 5.79. The third-order valence-electron chi connectivity index (χ3n) is 2.69. The fraction of sp³-hybridized carbons (Fsp3) is 0.231. The summed E-state index contributed by atoms with van der Waals surface area (Å²) in [6.45, 7) is 4.53. The lowest BCUT2D eigenvalue weighted by atomic mass is 10.0. The van der Waals surface area contributed by atoms with Gasteiger partial charge in [0.25, 0.3) is 0 Å². The standard InChI is InChI=1S/C13H13FN2O/c1-3-16-7-12(9(2)15-16)11-6-10(8-17)4-5-13(11)14/h4-8H,3H2,1-2H3. The molecule has 1 aromatic heterocycles. The van der Waals surface area contributed by atoms with Crippen molar-refractivity contribution < 1.29 is 9.18 Å². The topological polar surface area (TPSA) is 34.9 Å². The molecule has 88 valence electrons. The maximum atomic E-state index is 13.7. The molecule has 0 amide bonds. The van der Waals surface area contributed by atoms with E-state index in [9.17, 15) is 9.18 Å². The average molecular weight is 232 g/mol. The molecule has 0 saturated carbocycles. The minimum atomic E-state index is -0.339. The van der Waals surface area contributed by atoms with E-state index >= 15 is 0 Å². The van der Waals surface area contributed by atoms with Gasteiger partial charge in [0.2, 0.25) is 0 Å². The van der Waals surface area contributed by atoms with Gasteiger partial charge in [0.15, 0.2) is 0 Å². The lowest BCUT2D eigenvalue weighted by molar-refractivity contribution is 0.112. The zero-order chi connectivity index (χ0) is 12.4. The molecule has 1 aromatic carbocycles. The second kappa shape index (κ2) is 4.49. The molecule has 0 saturated heterocycles. The highest BCUT2D eigenvalue weighted by atomic mass is 19.1. The number of halogens is 1. The number of hydrogen-bond donors (Lipinski definition) is 0. The summed E-state index contributed by atoms with van der Waals surface area (Å²) < 4.78 is 15.5. The fourth-order valence-corrected chi connectivity index (χ4v) is 1.77. The van der Waals surface area contributed by atoms with E-state index < -0.39 is 0 Å². The largest absolute Gasteiger partial charge is 0.298 e. The SMILES string of the molecule is CCn1cc(-c2cc(C=O)ccc2F)c(C)n1. The molecular weight excluding hydrogens is 219 g/mol. The Morgan fingerprint density at radius 1 is 1.41 bits per heavy atom. The molecule has 4 heteroatoms. The molecule has 0 radical (unpaired) electrons. The van der Waals surface area contributed by atoms with Crippen LogP contribution >= 0.6 is 0 Å². The Morgan fingerprint density at radius 3 is 2.76 bits per heavy atom. The molecule has 17 heavy (non-hydrogen) atoms. The minimum absolute atomic E-state index is 0.339. The average Bonchev–Trinajstić information content (AvgIpc) is 2.71. The summed E-state index contributed by atoms with van der Waals surface area (Å²) >= 11 is 0. The van der Waals surface area contributed by atoms with E-state index in [1.54, 1.807) is 16.9 Å². The first-order chi connectivity index (χ1) is 8.15. The van der Waals surface area contributed by atoms with Crippen LogP contribution in [0, 0.1) is 12.7 Å². The molecular formula is C13H13FN2O. The van der Waals surface area contributed by atoms with Crippen LogP contribution in [-0.2, 0) is 6.54 Å². The van der Waals surface area contributed by atoms with Gasteiger partial charge in [-0.2, -0.15) is 5.10 Å². The van der Waals surface area contributed by atoms with Crippen LogP contribution in [0.2, 0.25) is 0 Å². The van der Waals surface area contributed by atoms with Crippen molar-refractivity contribution in [2.75, 3.05) is 0 Å². The Kier molecular flexibility index (Phi) is 3.04. The van der Waals surface area contributed by atoms with Crippen molar-refractivity contribution in [3.05, 3.63) is 41.5 Å². The summed E-state index contributed by atoms with van der Waals surface area (Å²) in [6, 6.07) is 4.32. The van der Waals surface area contributed by atoms with Crippen molar-refractivity contribution in [2.45, 2.75) is 20.4 Å². The predicted molar refractivity (Wildman–Crippen MR) is 63.4 cm³/mol. The lowest BCUT2D eigenvalue weighted by Crippen LogP contribution is -1.93. The Balaban J connectivity index is 2.58. The second-order valence-electron chi connectivity index (χ2n) is 3.84. The summed E-state index contributed by atoms with van der Waals surface area (Å²) in [6.07, 6.45) is 2.50. The normalized spacial score (nSPS) is 10.5. The van der Waals surface area contributed by atoms with E-state index in [0.29, 0.717) is 17.4 Å². The van der Waals surface area contributed by atoms with Crippen molar-refractivity contribution >= 4 is 6.29 Å². The van der Waals surface area contributed by atoms with Crippen molar-refractivity contribution in [3.8, 4) is 11.1 Å². The first kappa shape index (κ1) is 11.5. The summed E-state index contributed by atoms with van der Waals surface area (Å²) in [7, 11) is 0. The van der Waals surface area contributed by atoms with Gasteiger partial charge in [-0.25, -0.2) is 4.39 Å². The van der Waals surface area contributed by atoms with Crippen LogP contribution in [0.5, 0.6) is 0 Å². The number of benzene rings is 1. The molecule has 1 heterocycles. The Labute approximate surface area is 98.9 Å². The van der Waals surface area contributed by atoms with Crippen LogP contribution in [0.1, 0.15) is 23.0 Å². The molecule has 0 spiro atoms. The maximum Gasteiger partial charge on any atom is 0.150 e. The second-order valence-corrected chi connectivity index (χ2v) is 3.84. The third-order valence-corrected chi connectivity index (χ3v) is 2.69. The Hall–Kier alpha value is -1.97. The number of carbonyl (C=O) groups excluding carboxylic acids is 1. The highest BCUT2D eigenvalue weighted by Crippen LogP contribution is 2.26. The number of hydrogen-bond acceptors (Lipinski definition) is 2. The molecule has 0 bridgehead atoms. The van der Waals surface area contributed by atoms with Gasteiger partial charge in [0, 0.05) is 29.4 Å². The van der Waals surface area contributed by atoms with E-state index in [-0.39, 0.29) is 5.82 Å². The lowest BCUT2D eigenvalue weighted by Gasteiger charge is -2.02. The number of carbonyl (C=O) groups is 1. The van der Waals surface area contributed by atoms with E-state index in [0.717, 1.165) is 17.8 Å². The van der Waals surface area contributed by atoms with Crippen molar-refractivity contribution in [3.63, 3.8) is 0 Å². The van der Waals surface area contributed by atoms with Gasteiger partial charge in [0.1, 0.15) is 12.1 Å². The van der Waals surface area contributed by atoms with Gasteiger partial charge >= 0.3 is 0 Å². The highest BCUT2D eigenvalue weighted by Gasteiger charge is 2.12. The monoisotopic (exact) mass is 232 g/mol. The molecule has 0 fully saturated rings. The predicted octanol–water partition coefficient (Wildman–Crippen LogP) is 2.83. The Bertz CT molecular complexity index is 561. The molecule has 0 aliphatic carbocycles. The van der Waals surface area contributed by atoms with Crippen LogP contribution in [0.4, 0.5) is 4.39 Å². The fourth-order valence-electron chi connectivity index (χ4n) is 1.77. The van der Waals surface area contributed by atoms with Crippen LogP contribution in [0.15, 0.2) is 24.4 Å². The molecule has 2 rings (SSSR count). The molecule has 0 aliphatic rings. The van der Waals surface area contributed by atoms with Gasteiger partial charge in [-0.3, -0.25) is 9.48 Å². The molecule has 0 N–H and O–H groups in total. The van der Waals surface area contributed by atoms with Gasteiger partial charge in [-0.1, -0.05) is 0 Å². The number of rotatable bonds is 3. The van der Waals surface area contributed by atoms with Crippen LogP contribution < -0.4 is 0 Å². The smallest absolute Gasteiger partial charge is 0.150 e. The summed E-state index contributed by atoms with van der Waals surface area (Å²) in [5.74, 6) is -0.339. The van der Waals surface area contributed by atoms with Crippen LogP contribution in [0.3, 0.4) is 0 Å². The molecule has 0 aliphatic heterocycles. The van der Waals surface area contributed by atoms with E-state index in [2.05, 4.69) is 5.10 Å². The number of aryl methyl sites for hydroxylation is 2. The summed E-state index contributed by atoms with van der Waals surface area (Å²) in [5.41, 5.74) is 2.37. The molecule has 0 unspecified atom stereocenters. The zero-order valence-corrected chi connectivity index (χ0v) is 9.77. The van der Waals surface area contributed by atoms with E-state index in [1.165, 1.54) is 12.1 Å². The first-order valence-corrected chi connectivity index (χ1v) is 5.45. The summed E-state index contributed by atoms with van der Waals surface area (Å²) in [5, 5.41) is 4.26. The van der Waals surface area contributed by atoms with Crippen molar-refractivity contribution in [2.24, 2.45) is 0 Å². The zero-order valence-electron chi connectivity index (χ0n) is 9.77. The quantitative estimate of drug-likeness (QED) is 0.763. The molecule has 3 nitrogen and oxygen atoms in total. The number of aldehydes is 1. The molecule has 2 aromatic rings.